The molecule has 0 aliphatic heterocycles. The Morgan fingerprint density at radius 2 is 1.33 bits per heavy atom. The summed E-state index contributed by atoms with van der Waals surface area (Å²) in [6, 6.07) is 0. The molecule has 0 aromatic rings. The van der Waals surface area contributed by atoms with Gasteiger partial charge in [-0.1, -0.05) is 0 Å². The molecule has 7 nitrogen and oxygen atoms in total. The monoisotopic (exact) mass is 178 g/mol. The Balaban J connectivity index is 0. The summed E-state index contributed by atoms with van der Waals surface area (Å²) >= 11 is 0. The number of Topliss-reactive ketones (excluding diaryl/α,β-unsaturated/α-hetero) is 1. The molecule has 0 heterocycles. The molecule has 0 aliphatic rings. The van der Waals surface area contributed by atoms with E-state index in [-0.39, 0.29) is 6.54 Å². The van der Waals surface area contributed by atoms with Gasteiger partial charge in [-0.25, -0.2) is 4.79 Å². The number of nitrogens with two attached hydrogens (primary N) is 2. The van der Waals surface area contributed by atoms with Gasteiger partial charge in [0.1, 0.15) is 0 Å². The molecule has 0 saturated carbocycles. The predicted molar refractivity (Wildman–Crippen MR) is 38.4 cm³/mol. The predicted octanol–water partition coefficient (Wildman–Crippen LogP) is -2.37. The molecule has 0 fully saturated rings. The first-order chi connectivity index (χ1) is 5.45. The average molecular weight is 178 g/mol. The third-order valence-electron chi connectivity index (χ3n) is 0.599. The van der Waals surface area contributed by atoms with Gasteiger partial charge in [0.25, 0.3) is 5.78 Å². The lowest BCUT2D eigenvalue weighted by Gasteiger charge is -1.81. The molecular formula is C5H10N2O5. The molecule has 70 valence electrons. The Labute approximate surface area is 68.0 Å². The summed E-state index contributed by atoms with van der Waals surface area (Å²) < 4.78 is 0. The summed E-state index contributed by atoms with van der Waals surface area (Å²) in [7, 11) is 0. The highest BCUT2D eigenvalue weighted by Gasteiger charge is 2.05. The van der Waals surface area contributed by atoms with E-state index in [1.807, 2.05) is 0 Å². The van der Waals surface area contributed by atoms with E-state index in [1.54, 1.807) is 0 Å². The van der Waals surface area contributed by atoms with Gasteiger partial charge in [-0.15, -0.1) is 0 Å². The summed E-state index contributed by atoms with van der Waals surface area (Å²) in [5, 5.41) is 15.3. The Bertz CT molecular complexity index is 179. The fraction of sp³-hybridized carbons (Fsp3) is 0.400. The fourth-order valence-corrected chi connectivity index (χ4v) is 0.0873. The number of carboxylic acid groups (broad SMARTS) is 2. The Morgan fingerprint density at radius 3 is 1.33 bits per heavy atom. The van der Waals surface area contributed by atoms with Crippen LogP contribution in [0.5, 0.6) is 0 Å². The van der Waals surface area contributed by atoms with E-state index in [1.165, 1.54) is 0 Å². The molecule has 0 rings (SSSR count). The lowest BCUT2D eigenvalue weighted by atomic mass is 10.4. The smallest absolute Gasteiger partial charge is 0.373 e. The Kier molecular flexibility index (Phi) is 8.36. The first-order valence-corrected chi connectivity index (χ1v) is 2.83. The highest BCUT2D eigenvalue weighted by molar-refractivity contribution is 6.33. The van der Waals surface area contributed by atoms with E-state index in [0.29, 0.717) is 0 Å². The summed E-state index contributed by atoms with van der Waals surface area (Å²) in [5.74, 6) is -3.40. The van der Waals surface area contributed by atoms with E-state index >= 15 is 0 Å². The number of hydrogen-bond donors (Lipinski definition) is 4. The van der Waals surface area contributed by atoms with Gasteiger partial charge in [0.05, 0.1) is 13.1 Å². The van der Waals surface area contributed by atoms with E-state index in [9.17, 15) is 14.4 Å². The van der Waals surface area contributed by atoms with Gasteiger partial charge in [-0.3, -0.25) is 9.59 Å². The second-order valence-electron chi connectivity index (χ2n) is 1.53. The van der Waals surface area contributed by atoms with Gasteiger partial charge in [-0.2, -0.15) is 0 Å². The molecule has 0 saturated heterocycles. The molecule has 7 heteroatoms. The van der Waals surface area contributed by atoms with E-state index in [0.717, 1.165) is 0 Å². The maximum atomic E-state index is 9.79. The zero-order chi connectivity index (χ0) is 10.1. The Hall–Kier alpha value is -1.47. The third kappa shape index (κ3) is 11.3. The van der Waals surface area contributed by atoms with Crippen molar-refractivity contribution in [1.82, 2.24) is 0 Å². The number of hydrogen-bond acceptors (Lipinski definition) is 5. The van der Waals surface area contributed by atoms with Gasteiger partial charge >= 0.3 is 11.9 Å². The Morgan fingerprint density at radius 1 is 1.00 bits per heavy atom. The molecule has 0 radical (unpaired) electrons. The van der Waals surface area contributed by atoms with Crippen molar-refractivity contribution in [2.24, 2.45) is 11.5 Å². The van der Waals surface area contributed by atoms with Crippen molar-refractivity contribution in [2.75, 3.05) is 13.1 Å². The van der Waals surface area contributed by atoms with Crippen molar-refractivity contribution in [3.05, 3.63) is 0 Å². The van der Waals surface area contributed by atoms with Crippen LogP contribution in [0, 0.1) is 0 Å². The summed E-state index contributed by atoms with van der Waals surface area (Å²) in [6.45, 7) is -0.699. The van der Waals surface area contributed by atoms with Crippen LogP contribution in [0.25, 0.3) is 0 Å². The van der Waals surface area contributed by atoms with E-state index in [4.69, 9.17) is 10.2 Å². The van der Waals surface area contributed by atoms with Crippen molar-refractivity contribution in [2.45, 2.75) is 0 Å². The molecule has 0 spiro atoms. The SMILES string of the molecule is NCC(=O)C(=O)O.NCC(=O)O. The van der Waals surface area contributed by atoms with Crippen LogP contribution in [0.4, 0.5) is 0 Å². The number of aliphatic carboxylic acids is 2. The highest BCUT2D eigenvalue weighted by atomic mass is 16.4. The van der Waals surface area contributed by atoms with Crippen molar-refractivity contribution in [3.63, 3.8) is 0 Å². The van der Waals surface area contributed by atoms with Gasteiger partial charge < -0.3 is 21.7 Å². The van der Waals surface area contributed by atoms with Crippen LogP contribution < -0.4 is 11.5 Å². The van der Waals surface area contributed by atoms with E-state index < -0.39 is 24.3 Å². The van der Waals surface area contributed by atoms with Gasteiger partial charge in [0.2, 0.25) is 0 Å². The van der Waals surface area contributed by atoms with Crippen LogP contribution in [0.3, 0.4) is 0 Å². The summed E-state index contributed by atoms with van der Waals surface area (Å²) in [4.78, 5) is 28.5. The topological polar surface area (TPSA) is 144 Å². The van der Waals surface area contributed by atoms with Crippen molar-refractivity contribution >= 4 is 17.7 Å². The molecular weight excluding hydrogens is 168 g/mol. The maximum Gasteiger partial charge on any atom is 0.373 e. The van der Waals surface area contributed by atoms with Crippen molar-refractivity contribution in [1.29, 1.82) is 0 Å². The first-order valence-electron chi connectivity index (χ1n) is 2.83. The van der Waals surface area contributed by atoms with Crippen LogP contribution in [0.1, 0.15) is 0 Å². The minimum atomic E-state index is -1.47. The first kappa shape index (κ1) is 13.1. The lowest BCUT2D eigenvalue weighted by molar-refractivity contribution is -0.148. The van der Waals surface area contributed by atoms with Crippen LogP contribution in [-0.4, -0.2) is 41.0 Å². The van der Waals surface area contributed by atoms with Crippen molar-refractivity contribution in [3.8, 4) is 0 Å². The molecule has 0 atom stereocenters. The van der Waals surface area contributed by atoms with Crippen LogP contribution in [0.15, 0.2) is 0 Å². The molecule has 0 unspecified atom stereocenters. The number of carboxylic acids is 2. The molecule has 0 amide bonds. The number of rotatable bonds is 3. The second-order valence-corrected chi connectivity index (χ2v) is 1.53. The van der Waals surface area contributed by atoms with Gasteiger partial charge in [0.15, 0.2) is 0 Å². The normalized spacial score (nSPS) is 7.83. The molecule has 12 heavy (non-hydrogen) atoms. The van der Waals surface area contributed by atoms with E-state index in [2.05, 4.69) is 11.5 Å². The third-order valence-corrected chi connectivity index (χ3v) is 0.599. The summed E-state index contributed by atoms with van der Waals surface area (Å²) in [5.41, 5.74) is 9.21. The molecule has 0 bridgehead atoms. The van der Waals surface area contributed by atoms with Crippen LogP contribution in [0.2, 0.25) is 0 Å². The van der Waals surface area contributed by atoms with Gasteiger partial charge in [0, 0.05) is 0 Å². The molecule has 6 N–H and O–H groups in total. The molecule has 0 aromatic carbocycles. The van der Waals surface area contributed by atoms with Crippen molar-refractivity contribution < 1.29 is 24.6 Å². The highest BCUT2D eigenvalue weighted by Crippen LogP contribution is 1.62. The number of ketones is 1. The standard InChI is InChI=1S/C3H5NO3.C2H5NO2/c4-1-2(5)3(6)7;3-1-2(4)5/h1,4H2,(H,6,7);1,3H2,(H,4,5). The zero-order valence-corrected chi connectivity index (χ0v) is 6.19. The van der Waals surface area contributed by atoms with Crippen LogP contribution >= 0.6 is 0 Å². The fourth-order valence-electron chi connectivity index (χ4n) is 0.0873. The second kappa shape index (κ2) is 7.63. The van der Waals surface area contributed by atoms with Crippen LogP contribution in [-0.2, 0) is 14.4 Å². The molecule has 0 aliphatic carbocycles. The average Bonchev–Trinajstić information content (AvgIpc) is 2.04. The summed E-state index contributed by atoms with van der Waals surface area (Å²) in [6.07, 6.45) is 0. The minimum absolute atomic E-state index is 0.278. The number of carbonyl (C=O) groups excluding carboxylic acids is 1. The maximum absolute atomic E-state index is 9.79. The molecule has 0 aromatic heterocycles. The lowest BCUT2D eigenvalue weighted by Crippen LogP contribution is -2.22. The minimum Gasteiger partial charge on any atom is -0.480 e. The largest absolute Gasteiger partial charge is 0.480 e. The quantitative estimate of drug-likeness (QED) is 0.353. The van der Waals surface area contributed by atoms with Gasteiger partial charge in [-0.05, 0) is 0 Å². The number of carbonyl (C=O) groups is 3. The zero-order valence-electron chi connectivity index (χ0n) is 6.19.